The maximum atomic E-state index is 10.7. The van der Waals surface area contributed by atoms with Crippen LogP contribution in [0.1, 0.15) is 5.56 Å². The molecule has 14 heavy (non-hydrogen) atoms. The summed E-state index contributed by atoms with van der Waals surface area (Å²) in [6.07, 6.45) is 0.0852. The van der Waals surface area contributed by atoms with Crippen LogP contribution in [0.25, 0.3) is 0 Å². The lowest BCUT2D eigenvalue weighted by Crippen LogP contribution is -2.18. The Labute approximate surface area is 82.1 Å². The van der Waals surface area contributed by atoms with Crippen LogP contribution in [0.5, 0.6) is 0 Å². The van der Waals surface area contributed by atoms with Crippen LogP contribution < -0.4 is 0 Å². The highest BCUT2D eigenvalue weighted by Gasteiger charge is 2.36. The fourth-order valence-electron chi connectivity index (χ4n) is 1.10. The number of hydrogen-bond acceptors (Lipinski definition) is 2. The average Bonchev–Trinajstić information content (AvgIpc) is 2.15. The summed E-state index contributed by atoms with van der Waals surface area (Å²) in [5, 5.41) is 8.66. The van der Waals surface area contributed by atoms with Gasteiger partial charge in [0.1, 0.15) is 0 Å². The number of aliphatic carboxylic acids is 1. The van der Waals surface area contributed by atoms with E-state index < -0.39 is 19.7 Å². The van der Waals surface area contributed by atoms with Crippen molar-refractivity contribution in [3.8, 4) is 0 Å². The maximum Gasteiger partial charge on any atom is 0.521 e. The Kier molecular flexibility index (Phi) is 3.74. The topological polar surface area (TPSA) is 74.6 Å². The van der Waals surface area contributed by atoms with Crippen molar-refractivity contribution < 1.29 is 19.4 Å². The van der Waals surface area contributed by atoms with Gasteiger partial charge in [-0.2, -0.15) is 4.89 Å². The summed E-state index contributed by atoms with van der Waals surface area (Å²) in [5.74, 6) is -1.24. The van der Waals surface area contributed by atoms with E-state index in [1.165, 1.54) is 0 Å². The Morgan fingerprint density at radius 1 is 1.36 bits per heavy atom. The Morgan fingerprint density at radius 2 is 1.93 bits per heavy atom. The number of hydrogen-bond donors (Lipinski definition) is 2. The van der Waals surface area contributed by atoms with Crippen molar-refractivity contribution in [1.82, 2.24) is 0 Å². The Balaban J connectivity index is 2.75. The molecule has 74 valence electrons. The van der Waals surface area contributed by atoms with Gasteiger partial charge in [0, 0.05) is 6.42 Å². The molecule has 0 aromatic heterocycles. The minimum absolute atomic E-state index is 0.0852. The van der Waals surface area contributed by atoms with Crippen LogP contribution >= 0.6 is 8.03 Å². The van der Waals surface area contributed by atoms with Gasteiger partial charge in [0.15, 0.2) is 0 Å². The molecule has 1 rings (SSSR count). The van der Waals surface area contributed by atoms with Crippen LogP contribution in [-0.2, 0) is 15.8 Å². The molecular weight excluding hydrogens is 203 g/mol. The smallest absolute Gasteiger partial charge is 0.478 e. The van der Waals surface area contributed by atoms with Gasteiger partial charge in [-0.3, -0.25) is 0 Å². The second-order valence-electron chi connectivity index (χ2n) is 2.85. The molecular formula is C9H10O4P+. The van der Waals surface area contributed by atoms with Gasteiger partial charge < -0.3 is 5.11 Å². The molecule has 2 unspecified atom stereocenters. The first-order chi connectivity index (χ1) is 6.61. The quantitative estimate of drug-likeness (QED) is 0.741. The molecule has 0 heterocycles. The number of carboxylic acid groups (broad SMARTS) is 1. The molecule has 0 aliphatic carbocycles. The molecule has 0 amide bonds. The zero-order chi connectivity index (χ0) is 10.6. The van der Waals surface area contributed by atoms with E-state index in [2.05, 4.69) is 0 Å². The van der Waals surface area contributed by atoms with Crippen molar-refractivity contribution in [3.05, 3.63) is 35.9 Å². The summed E-state index contributed by atoms with van der Waals surface area (Å²) in [4.78, 5) is 19.4. The largest absolute Gasteiger partial charge is 0.521 e. The zero-order valence-electron chi connectivity index (χ0n) is 7.33. The summed E-state index contributed by atoms with van der Waals surface area (Å²) in [7, 11) is -2.68. The first-order valence-electron chi connectivity index (χ1n) is 4.03. The summed E-state index contributed by atoms with van der Waals surface area (Å²) in [5.41, 5.74) is -0.468. The van der Waals surface area contributed by atoms with E-state index in [1.54, 1.807) is 30.3 Å². The third-order valence-corrected chi connectivity index (χ3v) is 2.76. The van der Waals surface area contributed by atoms with E-state index in [0.717, 1.165) is 5.56 Å². The van der Waals surface area contributed by atoms with Crippen molar-refractivity contribution in [2.45, 2.75) is 12.1 Å². The second kappa shape index (κ2) is 4.84. The molecule has 0 spiro atoms. The summed E-state index contributed by atoms with van der Waals surface area (Å²) >= 11 is 0. The van der Waals surface area contributed by atoms with Gasteiger partial charge in [0.05, 0.1) is 0 Å². The normalized spacial score (nSPS) is 13.4. The number of rotatable bonds is 4. The first-order valence-corrected chi connectivity index (χ1v) is 5.31. The molecule has 2 atom stereocenters. The van der Waals surface area contributed by atoms with Crippen LogP contribution in [0.15, 0.2) is 30.3 Å². The highest BCUT2D eigenvalue weighted by molar-refractivity contribution is 7.40. The molecule has 4 nitrogen and oxygen atoms in total. The van der Waals surface area contributed by atoms with Crippen molar-refractivity contribution in [2.24, 2.45) is 0 Å². The molecule has 0 bridgehead atoms. The Bertz CT molecular complexity index is 322. The average molecular weight is 213 g/mol. The molecule has 0 aliphatic rings. The van der Waals surface area contributed by atoms with Gasteiger partial charge in [0.2, 0.25) is 0 Å². The van der Waals surface area contributed by atoms with Gasteiger partial charge >= 0.3 is 14.0 Å². The van der Waals surface area contributed by atoms with Crippen molar-refractivity contribution in [3.63, 3.8) is 0 Å². The molecule has 0 saturated heterocycles. The second-order valence-corrected chi connectivity index (χ2v) is 4.07. The molecule has 5 heteroatoms. The highest BCUT2D eigenvalue weighted by Crippen LogP contribution is 2.25. The van der Waals surface area contributed by atoms with E-state index in [0.29, 0.717) is 0 Å². The fraction of sp³-hybridized carbons (Fsp3) is 0.222. The van der Waals surface area contributed by atoms with E-state index >= 15 is 0 Å². The van der Waals surface area contributed by atoms with Gasteiger partial charge in [-0.1, -0.05) is 30.3 Å². The Hall–Kier alpha value is -1.25. The number of carbonyl (C=O) groups is 1. The summed E-state index contributed by atoms with van der Waals surface area (Å²) in [6.45, 7) is 0. The van der Waals surface area contributed by atoms with Crippen LogP contribution in [-0.4, -0.2) is 21.6 Å². The third kappa shape index (κ3) is 2.91. The predicted octanol–water partition coefficient (Wildman–Crippen LogP) is 1.42. The van der Waals surface area contributed by atoms with E-state index in [9.17, 15) is 9.36 Å². The van der Waals surface area contributed by atoms with E-state index in [1.807, 2.05) is 0 Å². The SMILES string of the molecule is O=C(O)C(Cc1ccccc1)[P+](=O)O. The van der Waals surface area contributed by atoms with E-state index in [-0.39, 0.29) is 6.42 Å². The molecule has 0 aliphatic heterocycles. The highest BCUT2D eigenvalue weighted by atomic mass is 31.1. The molecule has 1 aromatic carbocycles. The monoisotopic (exact) mass is 213 g/mol. The lowest BCUT2D eigenvalue weighted by molar-refractivity contribution is -0.136. The predicted molar refractivity (Wildman–Crippen MR) is 51.4 cm³/mol. The summed E-state index contributed by atoms with van der Waals surface area (Å²) in [6, 6.07) is 8.79. The van der Waals surface area contributed by atoms with Crippen molar-refractivity contribution >= 4 is 14.0 Å². The third-order valence-electron chi connectivity index (χ3n) is 1.82. The minimum Gasteiger partial charge on any atom is -0.478 e. The number of carboxylic acids is 1. The molecule has 0 radical (unpaired) electrons. The van der Waals surface area contributed by atoms with Crippen LogP contribution in [0.3, 0.4) is 0 Å². The van der Waals surface area contributed by atoms with E-state index in [4.69, 9.17) is 10.00 Å². The van der Waals surface area contributed by atoms with Crippen LogP contribution in [0.4, 0.5) is 0 Å². The summed E-state index contributed by atoms with van der Waals surface area (Å²) < 4.78 is 10.7. The molecule has 0 fully saturated rings. The van der Waals surface area contributed by atoms with Crippen molar-refractivity contribution in [2.75, 3.05) is 0 Å². The van der Waals surface area contributed by atoms with Crippen molar-refractivity contribution in [1.29, 1.82) is 0 Å². The Morgan fingerprint density at radius 3 is 2.36 bits per heavy atom. The van der Waals surface area contributed by atoms with Gasteiger partial charge in [-0.05, 0) is 10.1 Å². The molecule has 1 aromatic rings. The maximum absolute atomic E-state index is 10.7. The van der Waals surface area contributed by atoms with Gasteiger partial charge in [0.25, 0.3) is 5.66 Å². The first kappa shape index (κ1) is 10.8. The lowest BCUT2D eigenvalue weighted by Gasteiger charge is -1.99. The van der Waals surface area contributed by atoms with Crippen LogP contribution in [0, 0.1) is 0 Å². The zero-order valence-corrected chi connectivity index (χ0v) is 8.22. The molecule has 0 saturated carbocycles. The van der Waals surface area contributed by atoms with Gasteiger partial charge in [-0.15, -0.1) is 0 Å². The standard InChI is InChI=1S/C9H9O4P/c10-9(11)8(14(12)13)6-7-4-2-1-3-5-7/h1-5,8H,6H2,(H-,10,11,12,13)/p+1. The number of benzene rings is 1. The van der Waals surface area contributed by atoms with Gasteiger partial charge in [-0.25, -0.2) is 4.79 Å². The molecule has 2 N–H and O–H groups in total. The van der Waals surface area contributed by atoms with Crippen LogP contribution in [0.2, 0.25) is 0 Å². The minimum atomic E-state index is -2.68. The lowest BCUT2D eigenvalue weighted by atomic mass is 10.1. The fourth-order valence-corrected chi connectivity index (χ4v) is 1.65.